The molecular weight excluding hydrogens is 482 g/mol. The summed E-state index contributed by atoms with van der Waals surface area (Å²) in [5.41, 5.74) is 1.70. The van der Waals surface area contributed by atoms with Gasteiger partial charge in [0.2, 0.25) is 5.91 Å². The third-order valence-electron chi connectivity index (χ3n) is 6.51. The van der Waals surface area contributed by atoms with E-state index < -0.39 is 17.8 Å². The van der Waals surface area contributed by atoms with Crippen molar-refractivity contribution in [2.75, 3.05) is 42.5 Å². The van der Waals surface area contributed by atoms with Crippen LogP contribution in [0.2, 0.25) is 5.02 Å². The number of fused-ring (bicyclic) bond motifs is 1. The van der Waals surface area contributed by atoms with Gasteiger partial charge in [-0.2, -0.15) is 0 Å². The van der Waals surface area contributed by atoms with E-state index in [1.807, 2.05) is 25.7 Å². The van der Waals surface area contributed by atoms with Gasteiger partial charge in [-0.3, -0.25) is 9.69 Å². The number of piperazine rings is 1. The number of benzene rings is 1. The molecule has 9 nitrogen and oxygen atoms in total. The fourth-order valence-corrected chi connectivity index (χ4v) is 4.88. The van der Waals surface area contributed by atoms with Crippen LogP contribution in [0.3, 0.4) is 0 Å². The van der Waals surface area contributed by atoms with Crippen molar-refractivity contribution in [1.82, 2.24) is 14.9 Å². The van der Waals surface area contributed by atoms with E-state index in [0.29, 0.717) is 43.3 Å². The Morgan fingerprint density at radius 1 is 1.14 bits per heavy atom. The number of carbonyl (C=O) groups is 2. The van der Waals surface area contributed by atoms with E-state index in [9.17, 15) is 14.7 Å². The Labute approximate surface area is 217 Å². The normalized spacial score (nSPS) is 19.7. The van der Waals surface area contributed by atoms with E-state index in [2.05, 4.69) is 21.8 Å². The molecule has 0 radical (unpaired) electrons. The van der Waals surface area contributed by atoms with Gasteiger partial charge in [0.25, 0.3) is 0 Å². The molecule has 2 amide bonds. The molecule has 1 N–H and O–H groups in total. The number of rotatable bonds is 5. The number of nitrogens with zero attached hydrogens (tertiary/aromatic N) is 5. The van der Waals surface area contributed by atoms with Crippen LogP contribution in [-0.4, -0.2) is 70.3 Å². The van der Waals surface area contributed by atoms with Gasteiger partial charge in [0.15, 0.2) is 0 Å². The molecule has 194 valence electrons. The maximum atomic E-state index is 13.1. The van der Waals surface area contributed by atoms with Crippen LogP contribution in [0.15, 0.2) is 30.6 Å². The summed E-state index contributed by atoms with van der Waals surface area (Å²) in [5.74, 6) is 1.03. The number of carbonyl (C=O) groups excluding carboxylic acids is 2. The summed E-state index contributed by atoms with van der Waals surface area (Å²) in [6.45, 7) is 10.1. The van der Waals surface area contributed by atoms with Crippen molar-refractivity contribution in [3.8, 4) is 0 Å². The highest BCUT2D eigenvalue weighted by Crippen LogP contribution is 2.42. The van der Waals surface area contributed by atoms with Crippen LogP contribution in [0.4, 0.5) is 16.3 Å². The minimum atomic E-state index is -0.656. The highest BCUT2D eigenvalue weighted by molar-refractivity contribution is 6.30. The van der Waals surface area contributed by atoms with Crippen LogP contribution in [0.25, 0.3) is 0 Å². The average molecular weight is 516 g/mol. The highest BCUT2D eigenvalue weighted by atomic mass is 35.5. The Hall–Kier alpha value is -2.91. The van der Waals surface area contributed by atoms with Gasteiger partial charge < -0.3 is 19.6 Å². The molecule has 0 bridgehead atoms. The first-order valence-electron chi connectivity index (χ1n) is 12.3. The second-order valence-corrected chi connectivity index (χ2v) is 10.8. The predicted octanol–water partition coefficient (Wildman–Crippen LogP) is 4.15. The standard InChI is InChI=1S/C26H34ClN5O4/c1-17-15-20(33)23-22(17)24(29-16-28-23)31-13-11-30(12-14-31)21(34)9-10-32(25(35)36-26(2,3)4)19-7-5-18(27)6-8-19/h5-8,16-17,20,33H,9-15H2,1-4H3/t17-,20-/m1/s1. The number of hydrogen-bond donors (Lipinski definition) is 1. The molecule has 0 unspecified atom stereocenters. The molecule has 10 heteroatoms. The lowest BCUT2D eigenvalue weighted by molar-refractivity contribution is -0.131. The summed E-state index contributed by atoms with van der Waals surface area (Å²) in [6, 6.07) is 6.90. The summed E-state index contributed by atoms with van der Waals surface area (Å²) in [5, 5.41) is 10.9. The van der Waals surface area contributed by atoms with E-state index in [0.717, 1.165) is 17.1 Å². The molecule has 0 saturated carbocycles. The molecule has 1 aliphatic carbocycles. The van der Waals surface area contributed by atoms with Crippen molar-refractivity contribution >= 4 is 35.1 Å². The van der Waals surface area contributed by atoms with Crippen molar-refractivity contribution in [2.24, 2.45) is 0 Å². The van der Waals surface area contributed by atoms with Crippen LogP contribution >= 0.6 is 11.6 Å². The number of aromatic nitrogens is 2. The largest absolute Gasteiger partial charge is 0.443 e. The average Bonchev–Trinajstić information content (AvgIpc) is 3.12. The van der Waals surface area contributed by atoms with E-state index in [4.69, 9.17) is 16.3 Å². The number of aliphatic hydroxyl groups excluding tert-OH is 1. The summed E-state index contributed by atoms with van der Waals surface area (Å²) in [7, 11) is 0. The van der Waals surface area contributed by atoms with Crippen LogP contribution in [0.5, 0.6) is 0 Å². The zero-order valence-corrected chi connectivity index (χ0v) is 22.0. The lowest BCUT2D eigenvalue weighted by Gasteiger charge is -2.36. The quantitative estimate of drug-likeness (QED) is 0.638. The molecule has 4 rings (SSSR count). The second kappa shape index (κ2) is 10.6. The van der Waals surface area contributed by atoms with Gasteiger partial charge in [-0.25, -0.2) is 14.8 Å². The van der Waals surface area contributed by atoms with Crippen LogP contribution < -0.4 is 9.80 Å². The Kier molecular flexibility index (Phi) is 7.70. The topological polar surface area (TPSA) is 99.1 Å². The molecule has 1 aliphatic heterocycles. The first-order chi connectivity index (χ1) is 17.0. The molecule has 1 saturated heterocycles. The first-order valence-corrected chi connectivity index (χ1v) is 12.7. The number of aliphatic hydroxyl groups is 1. The van der Waals surface area contributed by atoms with Gasteiger partial charge in [0.05, 0.1) is 11.8 Å². The zero-order chi connectivity index (χ0) is 26.0. The number of halogens is 1. The van der Waals surface area contributed by atoms with Gasteiger partial charge in [0.1, 0.15) is 17.7 Å². The van der Waals surface area contributed by atoms with E-state index >= 15 is 0 Å². The molecule has 0 spiro atoms. The third kappa shape index (κ3) is 5.90. The summed E-state index contributed by atoms with van der Waals surface area (Å²) in [6.07, 6.45) is 1.29. The Bertz CT molecular complexity index is 1100. The van der Waals surface area contributed by atoms with E-state index in [1.54, 1.807) is 24.3 Å². The lowest BCUT2D eigenvalue weighted by atomic mass is 10.1. The molecule has 2 atom stereocenters. The van der Waals surface area contributed by atoms with Gasteiger partial charge in [-0.15, -0.1) is 0 Å². The van der Waals surface area contributed by atoms with Gasteiger partial charge in [-0.05, 0) is 57.4 Å². The highest BCUT2D eigenvalue weighted by Gasteiger charge is 2.34. The zero-order valence-electron chi connectivity index (χ0n) is 21.3. The minimum absolute atomic E-state index is 0.0196. The Balaban J connectivity index is 1.38. The van der Waals surface area contributed by atoms with Crippen LogP contribution in [0.1, 0.15) is 63.8 Å². The molecule has 2 heterocycles. The SMILES string of the molecule is C[C@@H]1C[C@@H](O)c2ncnc(N3CCN(C(=O)CCN(C(=O)OC(C)(C)C)c4ccc(Cl)cc4)CC3)c21. The van der Waals surface area contributed by atoms with Gasteiger partial charge in [-0.1, -0.05) is 18.5 Å². The third-order valence-corrected chi connectivity index (χ3v) is 6.76. The fourth-order valence-electron chi connectivity index (χ4n) is 4.75. The van der Waals surface area contributed by atoms with Crippen molar-refractivity contribution in [1.29, 1.82) is 0 Å². The number of amides is 2. The summed E-state index contributed by atoms with van der Waals surface area (Å²) < 4.78 is 5.57. The van der Waals surface area contributed by atoms with Gasteiger partial charge in [0, 0.05) is 55.4 Å². The number of ether oxygens (including phenoxy) is 1. The molecule has 1 fully saturated rings. The second-order valence-electron chi connectivity index (χ2n) is 10.4. The molecule has 36 heavy (non-hydrogen) atoms. The smallest absolute Gasteiger partial charge is 0.414 e. The Morgan fingerprint density at radius 2 is 1.81 bits per heavy atom. The Morgan fingerprint density at radius 3 is 2.44 bits per heavy atom. The summed E-state index contributed by atoms with van der Waals surface area (Å²) >= 11 is 6.01. The molecule has 2 aliphatic rings. The molecule has 2 aromatic rings. The van der Waals surface area contributed by atoms with Crippen molar-refractivity contribution in [2.45, 2.75) is 58.2 Å². The van der Waals surface area contributed by atoms with Crippen LogP contribution in [-0.2, 0) is 9.53 Å². The maximum Gasteiger partial charge on any atom is 0.414 e. The van der Waals surface area contributed by atoms with Crippen molar-refractivity contribution in [3.05, 3.63) is 46.9 Å². The molecule has 1 aromatic heterocycles. The summed E-state index contributed by atoms with van der Waals surface area (Å²) in [4.78, 5) is 40.2. The minimum Gasteiger partial charge on any atom is -0.443 e. The maximum absolute atomic E-state index is 13.1. The fraction of sp³-hybridized carbons (Fsp3) is 0.538. The number of hydrogen-bond acceptors (Lipinski definition) is 7. The van der Waals surface area contributed by atoms with Crippen molar-refractivity contribution in [3.63, 3.8) is 0 Å². The van der Waals surface area contributed by atoms with E-state index in [1.165, 1.54) is 11.2 Å². The number of anilines is 2. The first kappa shape index (κ1) is 26.2. The lowest BCUT2D eigenvalue weighted by Crippen LogP contribution is -2.50. The van der Waals surface area contributed by atoms with Gasteiger partial charge >= 0.3 is 6.09 Å². The monoisotopic (exact) mass is 515 g/mol. The van der Waals surface area contributed by atoms with E-state index in [-0.39, 0.29) is 24.8 Å². The molecular formula is C26H34ClN5O4. The predicted molar refractivity (Wildman–Crippen MR) is 138 cm³/mol. The van der Waals surface area contributed by atoms with Crippen LogP contribution in [0, 0.1) is 0 Å². The van der Waals surface area contributed by atoms with Crippen molar-refractivity contribution < 1.29 is 19.4 Å². The molecule has 1 aromatic carbocycles.